The number of rotatable bonds is 1. The van der Waals surface area contributed by atoms with E-state index < -0.39 is 5.60 Å². The van der Waals surface area contributed by atoms with E-state index in [1.165, 1.54) is 0 Å². The average Bonchev–Trinajstić information content (AvgIpc) is 3.06. The minimum absolute atomic E-state index is 0.213. The Morgan fingerprint density at radius 3 is 2.41 bits per heavy atom. The molecule has 4 rings (SSSR count). The van der Waals surface area contributed by atoms with Crippen molar-refractivity contribution in [1.29, 1.82) is 0 Å². The lowest BCUT2D eigenvalue weighted by Gasteiger charge is -2.46. The monoisotopic (exact) mass is 460 g/mol. The number of anilines is 1. The van der Waals surface area contributed by atoms with Gasteiger partial charge in [0.25, 0.3) is 0 Å². The van der Waals surface area contributed by atoms with Crippen molar-refractivity contribution >= 4 is 23.7 Å². The molecule has 8 heteroatoms. The van der Waals surface area contributed by atoms with E-state index in [1.807, 2.05) is 44.4 Å². The van der Waals surface area contributed by atoms with Crippen molar-refractivity contribution in [2.75, 3.05) is 23.8 Å². The number of fused-ring (bicyclic) bond motifs is 2. The van der Waals surface area contributed by atoms with Gasteiger partial charge in [0.1, 0.15) is 17.2 Å². The van der Waals surface area contributed by atoms with Crippen molar-refractivity contribution in [3.8, 4) is 5.69 Å². The molecular weight excluding hydrogens is 427 g/mol. The Morgan fingerprint density at radius 2 is 1.84 bits per heavy atom. The molecule has 0 bridgehead atoms. The zero-order chi connectivity index (χ0) is 23.4. The maximum Gasteiger partial charge on any atom is 0.410 e. The van der Waals surface area contributed by atoms with Crippen LogP contribution < -0.4 is 5.73 Å². The Labute approximate surface area is 193 Å². The lowest BCUT2D eigenvalue weighted by molar-refractivity contribution is 0.00721. The number of aryl methyl sites for hydroxylation is 2. The first-order valence-corrected chi connectivity index (χ1v) is 12.3. The molecule has 1 fully saturated rings. The topological polar surface area (TPSA) is 73.4 Å². The standard InChI is InChI=1S/C24H33FN4O2S/c1-14-11-17(12-15(2)19(14)25)29-21(26)18-16(3)28(22(30)31-23(4,5)6)13-24(20(18)27-29)7-9-32-10-8-24/h11-12,16H,7-10,13,26H2,1-6H3/t16-/m0/s1. The number of aromatic nitrogens is 2. The number of amides is 1. The Bertz CT molecular complexity index is 1030. The first kappa shape index (κ1) is 23.0. The molecule has 2 aliphatic rings. The quantitative estimate of drug-likeness (QED) is 0.626. The maximum absolute atomic E-state index is 14.3. The molecule has 1 atom stereocenters. The maximum atomic E-state index is 14.3. The smallest absolute Gasteiger partial charge is 0.410 e. The zero-order valence-electron chi connectivity index (χ0n) is 19.8. The van der Waals surface area contributed by atoms with Crippen molar-refractivity contribution in [2.45, 2.75) is 71.4 Å². The first-order valence-electron chi connectivity index (χ1n) is 11.2. The summed E-state index contributed by atoms with van der Waals surface area (Å²) < 4.78 is 21.7. The van der Waals surface area contributed by atoms with Crippen molar-refractivity contribution in [2.24, 2.45) is 0 Å². The number of ether oxygens (including phenoxy) is 1. The fraction of sp³-hybridized carbons (Fsp3) is 0.583. The number of nitrogens with two attached hydrogens (primary N) is 1. The van der Waals surface area contributed by atoms with Gasteiger partial charge in [-0.3, -0.25) is 0 Å². The summed E-state index contributed by atoms with van der Waals surface area (Å²) in [5.41, 5.74) is 9.56. The van der Waals surface area contributed by atoms with Crippen LogP contribution in [0.2, 0.25) is 0 Å². The zero-order valence-corrected chi connectivity index (χ0v) is 20.6. The third-order valence-electron chi connectivity index (χ3n) is 6.56. The molecule has 1 aromatic heterocycles. The van der Waals surface area contributed by atoms with Crippen LogP contribution in [0.4, 0.5) is 15.0 Å². The highest BCUT2D eigenvalue weighted by atomic mass is 32.2. The van der Waals surface area contributed by atoms with E-state index in [9.17, 15) is 9.18 Å². The van der Waals surface area contributed by atoms with E-state index >= 15 is 0 Å². The van der Waals surface area contributed by atoms with Crippen LogP contribution in [0, 0.1) is 19.7 Å². The SMILES string of the molecule is Cc1cc(-n2nc3c(c2N)[C@H](C)N(C(=O)OC(C)(C)C)CC32CCSCC2)cc(C)c1F. The Kier molecular flexibility index (Phi) is 5.72. The van der Waals surface area contributed by atoms with Crippen LogP contribution in [0.1, 0.15) is 69.0 Å². The minimum atomic E-state index is -0.578. The molecular formula is C24H33FN4O2S. The van der Waals surface area contributed by atoms with E-state index in [2.05, 4.69) is 0 Å². The van der Waals surface area contributed by atoms with Crippen LogP contribution >= 0.6 is 11.8 Å². The second-order valence-electron chi connectivity index (χ2n) is 10.1. The Balaban J connectivity index is 1.85. The number of nitrogens with zero attached hydrogens (tertiary/aromatic N) is 3. The average molecular weight is 461 g/mol. The van der Waals surface area contributed by atoms with Crippen molar-refractivity contribution < 1.29 is 13.9 Å². The van der Waals surface area contributed by atoms with Crippen molar-refractivity contribution in [3.05, 3.63) is 40.3 Å². The summed E-state index contributed by atoms with van der Waals surface area (Å²) in [6.07, 6.45) is 1.53. The van der Waals surface area contributed by atoms with Gasteiger partial charge in [0.15, 0.2) is 0 Å². The molecule has 0 radical (unpaired) electrons. The van der Waals surface area contributed by atoms with Gasteiger partial charge >= 0.3 is 6.09 Å². The number of benzene rings is 1. The fourth-order valence-electron chi connectivity index (χ4n) is 4.88. The van der Waals surface area contributed by atoms with Crippen LogP contribution in [0.15, 0.2) is 12.1 Å². The summed E-state index contributed by atoms with van der Waals surface area (Å²) in [7, 11) is 0. The summed E-state index contributed by atoms with van der Waals surface area (Å²) in [5.74, 6) is 2.31. The lowest BCUT2D eigenvalue weighted by atomic mass is 9.73. The summed E-state index contributed by atoms with van der Waals surface area (Å²) >= 11 is 1.93. The lowest BCUT2D eigenvalue weighted by Crippen LogP contribution is -2.52. The van der Waals surface area contributed by atoms with Gasteiger partial charge in [-0.1, -0.05) is 0 Å². The molecule has 2 aliphatic heterocycles. The van der Waals surface area contributed by atoms with Crippen LogP contribution in [0.3, 0.4) is 0 Å². The number of nitrogen functional groups attached to an aromatic ring is 1. The molecule has 0 saturated carbocycles. The summed E-state index contributed by atoms with van der Waals surface area (Å²) in [4.78, 5) is 15.0. The third kappa shape index (κ3) is 3.87. The fourth-order valence-corrected chi connectivity index (χ4v) is 6.16. The normalized spacial score (nSPS) is 20.3. The molecule has 1 amide bonds. The Hall–Kier alpha value is -2.22. The van der Waals surface area contributed by atoms with Crippen LogP contribution in [-0.4, -0.2) is 44.4 Å². The molecule has 1 aromatic carbocycles. The molecule has 1 spiro atoms. The minimum Gasteiger partial charge on any atom is -0.444 e. The number of carbonyl (C=O) groups is 1. The van der Waals surface area contributed by atoms with Crippen LogP contribution in [0.25, 0.3) is 5.69 Å². The van der Waals surface area contributed by atoms with E-state index in [0.29, 0.717) is 23.5 Å². The molecule has 0 unspecified atom stereocenters. The van der Waals surface area contributed by atoms with E-state index in [1.54, 1.807) is 30.7 Å². The summed E-state index contributed by atoms with van der Waals surface area (Å²) in [5, 5.41) is 5.01. The van der Waals surface area contributed by atoms with Gasteiger partial charge in [-0.15, -0.1) is 0 Å². The van der Waals surface area contributed by atoms with Crippen molar-refractivity contribution in [1.82, 2.24) is 14.7 Å². The first-order chi connectivity index (χ1) is 14.9. The number of thioether (sulfide) groups is 1. The molecule has 174 valence electrons. The molecule has 32 heavy (non-hydrogen) atoms. The second-order valence-corrected chi connectivity index (χ2v) is 11.4. The van der Waals surface area contributed by atoms with Gasteiger partial charge in [-0.25, -0.2) is 13.9 Å². The predicted molar refractivity (Wildman–Crippen MR) is 127 cm³/mol. The highest BCUT2D eigenvalue weighted by molar-refractivity contribution is 7.99. The number of carbonyl (C=O) groups excluding carboxylic acids is 1. The third-order valence-corrected chi connectivity index (χ3v) is 7.55. The van der Waals surface area contributed by atoms with Crippen molar-refractivity contribution in [3.63, 3.8) is 0 Å². The van der Waals surface area contributed by atoms with Crippen LogP contribution in [0.5, 0.6) is 0 Å². The van der Waals surface area contributed by atoms with Gasteiger partial charge in [-0.05, 0) is 89.1 Å². The van der Waals surface area contributed by atoms with Crippen LogP contribution in [-0.2, 0) is 10.2 Å². The number of halogens is 1. The number of hydrogen-bond acceptors (Lipinski definition) is 5. The predicted octanol–water partition coefficient (Wildman–Crippen LogP) is 5.29. The number of hydrogen-bond donors (Lipinski definition) is 1. The molecule has 2 N–H and O–H groups in total. The van der Waals surface area contributed by atoms with Gasteiger partial charge in [0, 0.05) is 17.5 Å². The van der Waals surface area contributed by atoms with Gasteiger partial charge in [-0.2, -0.15) is 16.9 Å². The molecule has 0 aliphatic carbocycles. The van der Waals surface area contributed by atoms with E-state index in [0.717, 1.165) is 41.3 Å². The highest BCUT2D eigenvalue weighted by Crippen LogP contribution is 2.49. The van der Waals surface area contributed by atoms with Gasteiger partial charge in [0.05, 0.1) is 17.4 Å². The Morgan fingerprint density at radius 1 is 1.25 bits per heavy atom. The molecule has 1 saturated heterocycles. The van der Waals surface area contributed by atoms with Gasteiger partial charge in [0.2, 0.25) is 0 Å². The largest absolute Gasteiger partial charge is 0.444 e. The van der Waals surface area contributed by atoms with E-state index in [4.69, 9.17) is 15.6 Å². The highest BCUT2D eigenvalue weighted by Gasteiger charge is 2.49. The summed E-state index contributed by atoms with van der Waals surface area (Å²) in [6, 6.07) is 3.28. The second kappa shape index (κ2) is 7.97. The molecule has 6 nitrogen and oxygen atoms in total. The van der Waals surface area contributed by atoms with Gasteiger partial charge < -0.3 is 15.4 Å². The van der Waals surface area contributed by atoms with E-state index in [-0.39, 0.29) is 23.4 Å². The molecule has 2 aromatic rings. The summed E-state index contributed by atoms with van der Waals surface area (Å²) in [6.45, 7) is 11.7. The molecule has 3 heterocycles.